The average molecular weight is 1050 g/mol. The van der Waals surface area contributed by atoms with Gasteiger partial charge >= 0.3 is 17.9 Å². The van der Waals surface area contributed by atoms with E-state index < -0.39 is 6.10 Å². The van der Waals surface area contributed by atoms with Crippen molar-refractivity contribution in [1.82, 2.24) is 0 Å². The molecular formula is C69H124O6. The second-order valence-electron chi connectivity index (χ2n) is 22.0. The lowest BCUT2D eigenvalue weighted by Crippen LogP contribution is -2.30. The molecule has 75 heavy (non-hydrogen) atoms. The van der Waals surface area contributed by atoms with Gasteiger partial charge in [0.05, 0.1) is 0 Å². The Hall–Kier alpha value is -2.89. The Morgan fingerprint density at radius 2 is 0.480 bits per heavy atom. The highest BCUT2D eigenvalue weighted by molar-refractivity contribution is 5.71. The van der Waals surface area contributed by atoms with Crippen LogP contribution >= 0.6 is 0 Å². The average Bonchev–Trinajstić information content (AvgIpc) is 3.41. The lowest BCUT2D eigenvalue weighted by molar-refractivity contribution is -0.167. The van der Waals surface area contributed by atoms with Crippen molar-refractivity contribution >= 4 is 17.9 Å². The van der Waals surface area contributed by atoms with E-state index >= 15 is 0 Å². The van der Waals surface area contributed by atoms with Crippen molar-refractivity contribution in [3.8, 4) is 0 Å². The van der Waals surface area contributed by atoms with Crippen LogP contribution in [0, 0.1) is 0 Å². The van der Waals surface area contributed by atoms with E-state index in [-0.39, 0.29) is 31.1 Å². The van der Waals surface area contributed by atoms with Gasteiger partial charge in [-0.3, -0.25) is 14.4 Å². The molecule has 0 aliphatic rings. The van der Waals surface area contributed by atoms with Crippen molar-refractivity contribution in [1.29, 1.82) is 0 Å². The van der Waals surface area contributed by atoms with E-state index in [1.54, 1.807) is 0 Å². The van der Waals surface area contributed by atoms with Crippen LogP contribution in [0.5, 0.6) is 0 Å². The van der Waals surface area contributed by atoms with Gasteiger partial charge in [0.25, 0.3) is 0 Å². The Morgan fingerprint density at radius 1 is 0.267 bits per heavy atom. The van der Waals surface area contributed by atoms with E-state index in [1.807, 2.05) is 0 Å². The Bertz CT molecular complexity index is 1340. The monoisotopic (exact) mass is 1050 g/mol. The van der Waals surface area contributed by atoms with Crippen molar-refractivity contribution in [3.63, 3.8) is 0 Å². The lowest BCUT2D eigenvalue weighted by Gasteiger charge is -2.18. The van der Waals surface area contributed by atoms with Gasteiger partial charge in [0.1, 0.15) is 13.2 Å². The van der Waals surface area contributed by atoms with Crippen LogP contribution < -0.4 is 0 Å². The smallest absolute Gasteiger partial charge is 0.306 e. The summed E-state index contributed by atoms with van der Waals surface area (Å²) in [5, 5.41) is 0. The summed E-state index contributed by atoms with van der Waals surface area (Å²) in [4.78, 5) is 38.2. The topological polar surface area (TPSA) is 78.9 Å². The van der Waals surface area contributed by atoms with Gasteiger partial charge in [-0.05, 0) is 89.9 Å². The van der Waals surface area contributed by atoms with Gasteiger partial charge in [0.15, 0.2) is 6.10 Å². The zero-order valence-corrected chi connectivity index (χ0v) is 50.1. The SMILES string of the molecule is CCCCCCC/C=C\C/C=C\C/C=C\CCCCCCCCCCC(=O)OC(COC(=O)CCCCCCCCCCC)COC(=O)CCCCCCCCCCCCCCC/C=C\C/C=C\CCCCCCC. The second-order valence-corrected chi connectivity index (χ2v) is 22.0. The highest BCUT2D eigenvalue weighted by atomic mass is 16.6. The molecule has 0 rings (SSSR count). The Kier molecular flexibility index (Phi) is 61.2. The minimum atomic E-state index is -0.777. The minimum absolute atomic E-state index is 0.0744. The second kappa shape index (κ2) is 63.6. The van der Waals surface area contributed by atoms with E-state index in [9.17, 15) is 14.4 Å². The van der Waals surface area contributed by atoms with Crippen molar-refractivity contribution < 1.29 is 28.6 Å². The maximum Gasteiger partial charge on any atom is 0.306 e. The highest BCUT2D eigenvalue weighted by Crippen LogP contribution is 2.17. The molecule has 0 N–H and O–H groups in total. The molecule has 0 aliphatic carbocycles. The number of esters is 3. The van der Waals surface area contributed by atoms with Crippen LogP contribution in [-0.4, -0.2) is 37.2 Å². The summed E-state index contributed by atoms with van der Waals surface area (Å²) < 4.78 is 16.9. The van der Waals surface area contributed by atoms with Crippen LogP contribution in [0.3, 0.4) is 0 Å². The van der Waals surface area contributed by atoms with Crippen molar-refractivity contribution in [2.75, 3.05) is 13.2 Å². The van der Waals surface area contributed by atoms with E-state index in [4.69, 9.17) is 14.2 Å². The predicted octanol–water partition coefficient (Wildman–Crippen LogP) is 22.3. The van der Waals surface area contributed by atoms with Crippen molar-refractivity contribution in [3.05, 3.63) is 60.8 Å². The fourth-order valence-electron chi connectivity index (χ4n) is 9.54. The van der Waals surface area contributed by atoms with Gasteiger partial charge in [-0.15, -0.1) is 0 Å². The number of rotatable bonds is 60. The zero-order chi connectivity index (χ0) is 54.3. The Morgan fingerprint density at radius 3 is 0.747 bits per heavy atom. The maximum absolute atomic E-state index is 12.9. The molecule has 6 nitrogen and oxygen atoms in total. The summed E-state index contributed by atoms with van der Waals surface area (Å²) in [6, 6.07) is 0. The molecule has 0 aromatic rings. The molecule has 0 saturated heterocycles. The van der Waals surface area contributed by atoms with E-state index in [1.165, 1.54) is 218 Å². The number of hydrogen-bond donors (Lipinski definition) is 0. The van der Waals surface area contributed by atoms with Gasteiger partial charge in [0.2, 0.25) is 0 Å². The molecule has 0 bridgehead atoms. The van der Waals surface area contributed by atoms with Crippen LogP contribution in [0.2, 0.25) is 0 Å². The van der Waals surface area contributed by atoms with Gasteiger partial charge in [0, 0.05) is 19.3 Å². The molecule has 0 aromatic carbocycles. The number of allylic oxidation sites excluding steroid dienone is 10. The normalized spacial score (nSPS) is 12.4. The number of carbonyl (C=O) groups is 3. The van der Waals surface area contributed by atoms with Gasteiger partial charge in [-0.2, -0.15) is 0 Å². The number of hydrogen-bond acceptors (Lipinski definition) is 6. The molecule has 0 fully saturated rings. The first-order valence-corrected chi connectivity index (χ1v) is 32.8. The van der Waals surface area contributed by atoms with E-state index in [0.29, 0.717) is 19.3 Å². The lowest BCUT2D eigenvalue weighted by atomic mass is 10.0. The summed E-state index contributed by atoms with van der Waals surface area (Å²) in [5.41, 5.74) is 0. The fourth-order valence-corrected chi connectivity index (χ4v) is 9.54. The Balaban J connectivity index is 4.20. The number of carbonyl (C=O) groups excluding carboxylic acids is 3. The maximum atomic E-state index is 12.9. The molecular weight excluding hydrogens is 925 g/mol. The summed E-state index contributed by atoms with van der Waals surface area (Å²) in [6.45, 7) is 6.63. The molecule has 0 aliphatic heterocycles. The number of ether oxygens (including phenoxy) is 3. The molecule has 0 radical (unpaired) electrons. The largest absolute Gasteiger partial charge is 0.462 e. The van der Waals surface area contributed by atoms with Crippen molar-refractivity contribution in [2.45, 2.75) is 348 Å². The highest BCUT2D eigenvalue weighted by Gasteiger charge is 2.19. The van der Waals surface area contributed by atoms with Gasteiger partial charge in [-0.1, -0.05) is 293 Å². The molecule has 0 saturated carbocycles. The summed E-state index contributed by atoms with van der Waals surface area (Å²) in [6.07, 6.45) is 81.0. The van der Waals surface area contributed by atoms with Crippen molar-refractivity contribution in [2.24, 2.45) is 0 Å². The Labute approximate surface area is 466 Å². The van der Waals surface area contributed by atoms with Gasteiger partial charge in [-0.25, -0.2) is 0 Å². The molecule has 1 atom stereocenters. The quantitative estimate of drug-likeness (QED) is 0.0261. The summed E-state index contributed by atoms with van der Waals surface area (Å²) in [5.74, 6) is -0.868. The standard InChI is InChI=1S/C69H124O6/c1-4-7-10-13-16-19-21-23-25-27-29-31-33-34-36-37-39-41-43-45-47-50-53-56-59-62-68(71)74-65-66(64-73-67(70)61-58-55-52-49-18-15-12-9-6-3)75-69(72)63-60-57-54-51-48-46-44-42-40-38-35-32-30-28-26-24-22-20-17-14-11-8-5-2/h21-24,27-30,35,38,66H,4-20,25-26,31-34,36-37,39-65H2,1-3H3/b23-21-,24-22-,29-27-,30-28-,38-35-. The number of unbranched alkanes of at least 4 members (excludes halogenated alkanes) is 39. The molecule has 0 spiro atoms. The van der Waals surface area contributed by atoms with Crippen LogP contribution in [-0.2, 0) is 28.6 Å². The first-order valence-electron chi connectivity index (χ1n) is 32.8. The van der Waals surface area contributed by atoms with Crippen LogP contribution in [0.15, 0.2) is 60.8 Å². The molecule has 6 heteroatoms. The zero-order valence-electron chi connectivity index (χ0n) is 50.1. The van der Waals surface area contributed by atoms with Crippen LogP contribution in [0.1, 0.15) is 342 Å². The minimum Gasteiger partial charge on any atom is -0.462 e. The summed E-state index contributed by atoms with van der Waals surface area (Å²) in [7, 11) is 0. The first kappa shape index (κ1) is 72.1. The first-order chi connectivity index (χ1) is 37.0. The fraction of sp³-hybridized carbons (Fsp3) is 0.812. The van der Waals surface area contributed by atoms with E-state index in [2.05, 4.69) is 81.5 Å². The third kappa shape index (κ3) is 61.8. The molecule has 0 heterocycles. The molecule has 436 valence electrons. The van der Waals surface area contributed by atoms with E-state index in [0.717, 1.165) is 83.5 Å². The van der Waals surface area contributed by atoms with Gasteiger partial charge < -0.3 is 14.2 Å². The third-order valence-corrected chi connectivity index (χ3v) is 14.5. The third-order valence-electron chi connectivity index (χ3n) is 14.5. The predicted molar refractivity (Wildman–Crippen MR) is 325 cm³/mol. The van der Waals surface area contributed by atoms with Crippen LogP contribution in [0.25, 0.3) is 0 Å². The summed E-state index contributed by atoms with van der Waals surface area (Å²) >= 11 is 0. The molecule has 0 aromatic heterocycles. The van der Waals surface area contributed by atoms with Crippen LogP contribution in [0.4, 0.5) is 0 Å². The molecule has 1 unspecified atom stereocenters. The molecule has 0 amide bonds.